The Hall–Kier alpha value is -2.03. The minimum Gasteiger partial charge on any atom is -0.487 e. The van der Waals surface area contributed by atoms with E-state index in [0.29, 0.717) is 17.9 Å². The van der Waals surface area contributed by atoms with Gasteiger partial charge in [0.25, 0.3) is 0 Å². The Bertz CT molecular complexity index is 1050. The Kier molecular flexibility index (Phi) is 5.98. The molecule has 0 unspecified atom stereocenters. The number of ether oxygens (including phenoxy) is 1. The number of carbonyl (C=O) groups is 1. The van der Waals surface area contributed by atoms with Gasteiger partial charge in [-0.3, -0.25) is 4.79 Å². The maximum absolute atomic E-state index is 13.2. The van der Waals surface area contributed by atoms with Crippen molar-refractivity contribution in [1.29, 1.82) is 0 Å². The predicted octanol–water partition coefficient (Wildman–Crippen LogP) is 4.26. The number of rotatable bonds is 5. The summed E-state index contributed by atoms with van der Waals surface area (Å²) in [6, 6.07) is 10.1. The zero-order valence-corrected chi connectivity index (χ0v) is 18.8. The Balaban J connectivity index is 1.97. The van der Waals surface area contributed by atoms with Gasteiger partial charge in [-0.05, 0) is 51.3 Å². The summed E-state index contributed by atoms with van der Waals surface area (Å²) in [4.78, 5) is 12.4. The minimum absolute atomic E-state index is 0.109. The molecule has 0 saturated heterocycles. The topological polar surface area (TPSA) is 84.5 Å². The second-order valence-electron chi connectivity index (χ2n) is 7.82. The van der Waals surface area contributed by atoms with Crippen LogP contribution in [0.5, 0.6) is 5.75 Å². The van der Waals surface area contributed by atoms with E-state index in [1.807, 2.05) is 45.2 Å². The molecular formula is C21H26N2O4S2. The largest absolute Gasteiger partial charge is 0.487 e. The molecule has 0 radical (unpaired) electrons. The van der Waals surface area contributed by atoms with Gasteiger partial charge in [0.2, 0.25) is 15.9 Å². The fourth-order valence-corrected chi connectivity index (χ4v) is 5.25. The third kappa shape index (κ3) is 4.94. The first-order valence-corrected chi connectivity index (χ1v) is 12.0. The first kappa shape index (κ1) is 21.7. The monoisotopic (exact) mass is 434 g/mol. The summed E-state index contributed by atoms with van der Waals surface area (Å²) >= 11 is 1.44. The van der Waals surface area contributed by atoms with Crippen molar-refractivity contribution in [3.8, 4) is 5.75 Å². The molecule has 3 rings (SSSR count). The molecule has 0 saturated carbocycles. The summed E-state index contributed by atoms with van der Waals surface area (Å²) in [5, 5.41) is 2.70. The summed E-state index contributed by atoms with van der Waals surface area (Å²) < 4.78 is 35.2. The van der Waals surface area contributed by atoms with Crippen molar-refractivity contribution in [2.24, 2.45) is 0 Å². The number of benzene rings is 2. The molecule has 0 aliphatic carbocycles. The lowest BCUT2D eigenvalue weighted by Gasteiger charge is -2.38. The van der Waals surface area contributed by atoms with E-state index in [-0.39, 0.29) is 10.8 Å². The highest BCUT2D eigenvalue weighted by Gasteiger charge is 2.36. The van der Waals surface area contributed by atoms with Gasteiger partial charge in [0, 0.05) is 23.8 Å². The second kappa shape index (κ2) is 8.01. The minimum atomic E-state index is -3.82. The van der Waals surface area contributed by atoms with Crippen molar-refractivity contribution in [2.75, 3.05) is 11.6 Å². The van der Waals surface area contributed by atoms with Crippen LogP contribution in [0.3, 0.4) is 0 Å². The standard InChI is InChI=1S/C21H26N2O4S2/c1-13-6-8-19-16(10-13)18(12-21(3,4)27-19)23-29(25,26)15-7-9-20(28-5)17(11-15)22-14(2)24/h6-11,18,23H,12H2,1-5H3,(H,22,24)/t18-/m1/s1. The smallest absolute Gasteiger partial charge is 0.241 e. The fraction of sp³-hybridized carbons (Fsp3) is 0.381. The van der Waals surface area contributed by atoms with Crippen molar-refractivity contribution in [2.45, 2.75) is 55.5 Å². The van der Waals surface area contributed by atoms with Crippen molar-refractivity contribution >= 4 is 33.4 Å². The first-order valence-electron chi connectivity index (χ1n) is 9.28. The molecule has 6 nitrogen and oxygen atoms in total. The molecule has 2 N–H and O–H groups in total. The average Bonchev–Trinajstić information content (AvgIpc) is 2.61. The van der Waals surface area contributed by atoms with Crippen LogP contribution in [0.25, 0.3) is 0 Å². The Morgan fingerprint density at radius 2 is 1.93 bits per heavy atom. The number of aryl methyl sites for hydroxylation is 1. The third-order valence-corrected chi connectivity index (χ3v) is 6.98. The van der Waals surface area contributed by atoms with Crippen LogP contribution < -0.4 is 14.8 Å². The molecular weight excluding hydrogens is 408 g/mol. The number of nitrogens with one attached hydrogen (secondary N) is 2. The Labute approximate surface area is 176 Å². The second-order valence-corrected chi connectivity index (χ2v) is 10.4. The molecule has 2 aromatic rings. The summed E-state index contributed by atoms with van der Waals surface area (Å²) in [7, 11) is -3.82. The summed E-state index contributed by atoms with van der Waals surface area (Å²) in [5.41, 5.74) is 1.85. The summed E-state index contributed by atoms with van der Waals surface area (Å²) in [6.45, 7) is 7.25. The fourth-order valence-electron chi connectivity index (χ4n) is 3.48. The third-order valence-electron chi connectivity index (χ3n) is 4.71. The van der Waals surface area contributed by atoms with Crippen LogP contribution in [-0.4, -0.2) is 26.2 Å². The van der Waals surface area contributed by atoms with Crippen LogP contribution in [0, 0.1) is 6.92 Å². The first-order chi connectivity index (χ1) is 13.5. The summed E-state index contributed by atoms with van der Waals surface area (Å²) in [6.07, 6.45) is 2.38. The molecule has 1 heterocycles. The van der Waals surface area contributed by atoms with Crippen LogP contribution in [0.2, 0.25) is 0 Å². The quantitative estimate of drug-likeness (QED) is 0.687. The number of thioether (sulfide) groups is 1. The van der Waals surface area contributed by atoms with Crippen LogP contribution >= 0.6 is 11.8 Å². The Morgan fingerprint density at radius 3 is 2.59 bits per heavy atom. The molecule has 0 bridgehead atoms. The number of carbonyl (C=O) groups excluding carboxylic acids is 1. The highest BCUT2D eigenvalue weighted by molar-refractivity contribution is 7.98. The van der Waals surface area contributed by atoms with Crippen molar-refractivity contribution in [3.63, 3.8) is 0 Å². The normalized spacial score (nSPS) is 17.9. The zero-order valence-electron chi connectivity index (χ0n) is 17.2. The Morgan fingerprint density at radius 1 is 1.21 bits per heavy atom. The van der Waals surface area contributed by atoms with Crippen molar-refractivity contribution in [1.82, 2.24) is 4.72 Å². The van der Waals surface area contributed by atoms with Crippen molar-refractivity contribution in [3.05, 3.63) is 47.5 Å². The predicted molar refractivity (Wildman–Crippen MR) is 116 cm³/mol. The maximum atomic E-state index is 13.2. The van der Waals surface area contributed by atoms with Gasteiger partial charge >= 0.3 is 0 Å². The highest BCUT2D eigenvalue weighted by atomic mass is 32.2. The zero-order chi connectivity index (χ0) is 21.4. The number of hydrogen-bond acceptors (Lipinski definition) is 5. The van der Waals surface area contributed by atoms with Crippen LogP contribution in [0.1, 0.15) is 44.4 Å². The molecule has 156 valence electrons. The summed E-state index contributed by atoms with van der Waals surface area (Å²) in [5.74, 6) is 0.439. The number of fused-ring (bicyclic) bond motifs is 1. The van der Waals surface area contributed by atoms with Gasteiger partial charge in [-0.25, -0.2) is 13.1 Å². The molecule has 8 heteroatoms. The number of amides is 1. The van der Waals surface area contributed by atoms with Gasteiger partial charge in [0.05, 0.1) is 16.6 Å². The van der Waals surface area contributed by atoms with Gasteiger partial charge in [-0.15, -0.1) is 11.8 Å². The number of sulfonamides is 1. The van der Waals surface area contributed by atoms with E-state index in [0.717, 1.165) is 16.0 Å². The average molecular weight is 435 g/mol. The lowest BCUT2D eigenvalue weighted by atomic mass is 9.89. The molecule has 29 heavy (non-hydrogen) atoms. The molecule has 0 fully saturated rings. The lowest BCUT2D eigenvalue weighted by molar-refractivity contribution is -0.114. The van der Waals surface area contributed by atoms with Crippen LogP contribution in [-0.2, 0) is 14.8 Å². The number of anilines is 1. The van der Waals surface area contributed by atoms with E-state index >= 15 is 0 Å². The lowest BCUT2D eigenvalue weighted by Crippen LogP contribution is -2.41. The van der Waals surface area contributed by atoms with Crippen molar-refractivity contribution < 1.29 is 17.9 Å². The highest BCUT2D eigenvalue weighted by Crippen LogP contribution is 2.40. The molecule has 0 spiro atoms. The molecule has 1 atom stereocenters. The molecule has 2 aromatic carbocycles. The van der Waals surface area contributed by atoms with E-state index < -0.39 is 21.7 Å². The van der Waals surface area contributed by atoms with Gasteiger partial charge in [0.15, 0.2) is 0 Å². The molecule has 1 aliphatic heterocycles. The van der Waals surface area contributed by atoms with Crippen LogP contribution in [0.15, 0.2) is 46.2 Å². The van der Waals surface area contributed by atoms with Crippen LogP contribution in [0.4, 0.5) is 5.69 Å². The van der Waals surface area contributed by atoms with Gasteiger partial charge in [-0.2, -0.15) is 0 Å². The molecule has 1 amide bonds. The van der Waals surface area contributed by atoms with E-state index in [2.05, 4.69) is 10.0 Å². The van der Waals surface area contributed by atoms with Gasteiger partial charge in [-0.1, -0.05) is 17.7 Å². The van der Waals surface area contributed by atoms with E-state index in [9.17, 15) is 13.2 Å². The van der Waals surface area contributed by atoms with Gasteiger partial charge < -0.3 is 10.1 Å². The maximum Gasteiger partial charge on any atom is 0.241 e. The number of hydrogen-bond donors (Lipinski definition) is 2. The van der Waals surface area contributed by atoms with E-state index in [4.69, 9.17) is 4.74 Å². The SMILES string of the molecule is CSc1ccc(S(=O)(=O)N[C@@H]2CC(C)(C)Oc3ccc(C)cc32)cc1NC(C)=O. The van der Waals surface area contributed by atoms with E-state index in [1.165, 1.54) is 24.8 Å². The van der Waals surface area contributed by atoms with E-state index in [1.54, 1.807) is 12.1 Å². The molecule has 0 aromatic heterocycles. The van der Waals surface area contributed by atoms with Gasteiger partial charge in [0.1, 0.15) is 11.4 Å². The molecule has 1 aliphatic rings.